The van der Waals surface area contributed by atoms with Crippen molar-refractivity contribution in [1.82, 2.24) is 14.8 Å². The van der Waals surface area contributed by atoms with Crippen molar-refractivity contribution in [1.29, 1.82) is 5.26 Å². The fourth-order valence-corrected chi connectivity index (χ4v) is 1.93. The van der Waals surface area contributed by atoms with Crippen LogP contribution in [0, 0.1) is 11.3 Å². The number of methoxy groups -OCH3 is 1. The van der Waals surface area contributed by atoms with Gasteiger partial charge in [0.1, 0.15) is 16.5 Å². The maximum atomic E-state index is 11.9. The average molecular weight is 263 g/mol. The van der Waals surface area contributed by atoms with E-state index in [1.807, 2.05) is 6.07 Å². The number of anilines is 1. The lowest BCUT2D eigenvalue weighted by Gasteiger charge is -2.00. The Kier molecular flexibility index (Phi) is 3.25. The van der Waals surface area contributed by atoms with Gasteiger partial charge in [-0.2, -0.15) is 5.26 Å². The summed E-state index contributed by atoms with van der Waals surface area (Å²) in [6.07, 6.45) is 2.95. The van der Waals surface area contributed by atoms with E-state index in [0.717, 1.165) is 11.3 Å². The first-order chi connectivity index (χ1) is 8.63. The van der Waals surface area contributed by atoms with Gasteiger partial charge in [0.25, 0.3) is 5.91 Å². The molecular formula is C10H9N5O2S. The molecule has 0 saturated heterocycles. The number of ether oxygens (including phenoxy) is 1. The molecule has 92 valence electrons. The van der Waals surface area contributed by atoms with Crippen LogP contribution in [-0.4, -0.2) is 27.8 Å². The topological polar surface area (TPSA) is 92.8 Å². The Morgan fingerprint density at radius 1 is 1.67 bits per heavy atom. The summed E-state index contributed by atoms with van der Waals surface area (Å²) in [4.78, 5) is 16.3. The number of amides is 1. The van der Waals surface area contributed by atoms with Gasteiger partial charge in [-0.3, -0.25) is 14.8 Å². The molecule has 0 fully saturated rings. The van der Waals surface area contributed by atoms with Crippen LogP contribution in [-0.2, 0) is 7.05 Å². The Bertz CT molecular complexity index is 624. The van der Waals surface area contributed by atoms with E-state index in [1.54, 1.807) is 13.2 Å². The molecule has 0 aliphatic carbocycles. The fraction of sp³-hybridized carbons (Fsp3) is 0.200. The van der Waals surface area contributed by atoms with E-state index in [1.165, 1.54) is 18.0 Å². The summed E-state index contributed by atoms with van der Waals surface area (Å²) in [5.74, 6) is -0.133. The van der Waals surface area contributed by atoms with Crippen molar-refractivity contribution in [2.24, 2.45) is 7.05 Å². The van der Waals surface area contributed by atoms with Crippen LogP contribution in [0.15, 0.2) is 12.4 Å². The molecule has 0 unspecified atom stereocenters. The highest BCUT2D eigenvalue weighted by Crippen LogP contribution is 2.20. The third kappa shape index (κ3) is 2.31. The van der Waals surface area contributed by atoms with Gasteiger partial charge in [-0.1, -0.05) is 11.3 Å². The summed E-state index contributed by atoms with van der Waals surface area (Å²) < 4.78 is 6.47. The van der Waals surface area contributed by atoms with Crippen molar-refractivity contribution in [3.8, 4) is 11.9 Å². The SMILES string of the molecule is COc1nn(C)cc1C(=O)Nc1ncc(C#N)s1. The molecule has 18 heavy (non-hydrogen) atoms. The zero-order valence-electron chi connectivity index (χ0n) is 9.67. The van der Waals surface area contributed by atoms with Crippen LogP contribution >= 0.6 is 11.3 Å². The Morgan fingerprint density at radius 3 is 3.06 bits per heavy atom. The van der Waals surface area contributed by atoms with Crippen molar-refractivity contribution in [3.05, 3.63) is 22.8 Å². The van der Waals surface area contributed by atoms with E-state index < -0.39 is 0 Å². The number of hydrogen-bond donors (Lipinski definition) is 1. The number of hydrogen-bond acceptors (Lipinski definition) is 6. The van der Waals surface area contributed by atoms with Crippen molar-refractivity contribution in [2.75, 3.05) is 12.4 Å². The highest BCUT2D eigenvalue weighted by Gasteiger charge is 2.17. The standard InChI is InChI=1S/C10H9N5O2S/c1-15-5-7(9(14-15)17-2)8(16)13-10-12-4-6(3-11)18-10/h4-5H,1-2H3,(H,12,13,16). The zero-order valence-corrected chi connectivity index (χ0v) is 10.5. The Labute approximate surface area is 107 Å². The number of thiazole rings is 1. The molecule has 2 heterocycles. The molecule has 2 aromatic rings. The maximum absolute atomic E-state index is 11.9. The molecule has 7 nitrogen and oxygen atoms in total. The normalized spacial score (nSPS) is 9.83. The summed E-state index contributed by atoms with van der Waals surface area (Å²) in [6, 6.07) is 1.95. The minimum Gasteiger partial charge on any atom is -0.479 e. The van der Waals surface area contributed by atoms with Crippen LogP contribution in [0.25, 0.3) is 0 Å². The second-order valence-corrected chi connectivity index (χ2v) is 4.35. The summed E-state index contributed by atoms with van der Waals surface area (Å²) in [6.45, 7) is 0. The van der Waals surface area contributed by atoms with Gasteiger partial charge in [0, 0.05) is 13.2 Å². The Balaban J connectivity index is 2.19. The molecule has 0 radical (unpaired) electrons. The van der Waals surface area contributed by atoms with Gasteiger partial charge >= 0.3 is 0 Å². The van der Waals surface area contributed by atoms with E-state index in [-0.39, 0.29) is 11.8 Å². The van der Waals surface area contributed by atoms with E-state index in [0.29, 0.717) is 15.6 Å². The number of carbonyl (C=O) groups is 1. The van der Waals surface area contributed by atoms with E-state index >= 15 is 0 Å². The number of aromatic nitrogens is 3. The molecule has 1 N–H and O–H groups in total. The predicted molar refractivity (Wildman–Crippen MR) is 64.5 cm³/mol. The van der Waals surface area contributed by atoms with E-state index in [2.05, 4.69) is 15.4 Å². The van der Waals surface area contributed by atoms with Crippen LogP contribution in [0.4, 0.5) is 5.13 Å². The van der Waals surface area contributed by atoms with Crippen molar-refractivity contribution in [3.63, 3.8) is 0 Å². The Hall–Kier alpha value is -2.40. The molecule has 1 amide bonds. The monoisotopic (exact) mass is 263 g/mol. The lowest BCUT2D eigenvalue weighted by molar-refractivity contribution is 0.102. The number of nitrogens with one attached hydrogen (secondary N) is 1. The third-order valence-electron chi connectivity index (χ3n) is 2.07. The first-order valence-corrected chi connectivity index (χ1v) is 5.70. The van der Waals surface area contributed by atoms with Gasteiger partial charge in [-0.25, -0.2) is 4.98 Å². The Morgan fingerprint density at radius 2 is 2.44 bits per heavy atom. The summed E-state index contributed by atoms with van der Waals surface area (Å²) in [5.41, 5.74) is 0.314. The van der Waals surface area contributed by atoms with E-state index in [4.69, 9.17) is 10.00 Å². The number of carbonyl (C=O) groups excluding carboxylic acids is 1. The van der Waals surface area contributed by atoms with Crippen molar-refractivity contribution < 1.29 is 9.53 Å². The quantitative estimate of drug-likeness (QED) is 0.892. The molecule has 0 aromatic carbocycles. The average Bonchev–Trinajstić information content (AvgIpc) is 2.95. The number of rotatable bonds is 3. The second-order valence-electron chi connectivity index (χ2n) is 3.32. The minimum absolute atomic E-state index is 0.243. The molecule has 0 spiro atoms. The largest absolute Gasteiger partial charge is 0.479 e. The molecule has 0 aliphatic heterocycles. The molecule has 8 heteroatoms. The first kappa shape index (κ1) is 12.1. The van der Waals surface area contributed by atoms with Gasteiger partial charge < -0.3 is 4.74 Å². The van der Waals surface area contributed by atoms with Crippen molar-refractivity contribution in [2.45, 2.75) is 0 Å². The van der Waals surface area contributed by atoms with E-state index in [9.17, 15) is 4.79 Å². The highest BCUT2D eigenvalue weighted by atomic mass is 32.1. The summed E-state index contributed by atoms with van der Waals surface area (Å²) in [7, 11) is 3.13. The smallest absolute Gasteiger partial charge is 0.264 e. The molecular weight excluding hydrogens is 254 g/mol. The van der Waals surface area contributed by atoms with Gasteiger partial charge in [0.05, 0.1) is 13.3 Å². The molecule has 0 atom stereocenters. The first-order valence-electron chi connectivity index (χ1n) is 4.89. The number of nitrogens with zero attached hydrogens (tertiary/aromatic N) is 4. The van der Waals surface area contributed by atoms with Crippen LogP contribution in [0.1, 0.15) is 15.2 Å². The predicted octanol–water partition coefficient (Wildman–Crippen LogP) is 1.01. The lowest BCUT2D eigenvalue weighted by atomic mass is 10.3. The van der Waals surface area contributed by atoms with Gasteiger partial charge in [0.15, 0.2) is 5.13 Å². The van der Waals surface area contributed by atoms with Gasteiger partial charge in [-0.15, -0.1) is 5.10 Å². The molecule has 2 rings (SSSR count). The highest BCUT2D eigenvalue weighted by molar-refractivity contribution is 7.16. The number of nitriles is 1. The molecule has 0 saturated carbocycles. The van der Waals surface area contributed by atoms with Crippen LogP contribution in [0.5, 0.6) is 5.88 Å². The third-order valence-corrected chi connectivity index (χ3v) is 2.89. The fourth-order valence-electron chi connectivity index (χ4n) is 1.32. The van der Waals surface area contributed by atoms with Crippen LogP contribution in [0.3, 0.4) is 0 Å². The minimum atomic E-state index is -0.376. The molecule has 0 aliphatic rings. The second kappa shape index (κ2) is 4.85. The van der Waals surface area contributed by atoms with Gasteiger partial charge in [-0.05, 0) is 0 Å². The zero-order chi connectivity index (χ0) is 13.1. The number of aryl methyl sites for hydroxylation is 1. The molecule has 0 bridgehead atoms. The maximum Gasteiger partial charge on any atom is 0.264 e. The summed E-state index contributed by atoms with van der Waals surface area (Å²) in [5, 5.41) is 15.6. The van der Waals surface area contributed by atoms with Crippen molar-refractivity contribution >= 4 is 22.4 Å². The lowest BCUT2D eigenvalue weighted by Crippen LogP contribution is -2.11. The molecule has 2 aromatic heterocycles. The summed E-state index contributed by atoms with van der Waals surface area (Å²) >= 11 is 1.10. The van der Waals surface area contributed by atoms with Gasteiger partial charge in [0.2, 0.25) is 5.88 Å². The van der Waals surface area contributed by atoms with Crippen LogP contribution in [0.2, 0.25) is 0 Å². The van der Waals surface area contributed by atoms with Crippen LogP contribution < -0.4 is 10.1 Å².